The molecule has 0 saturated carbocycles. The number of sulfonamides is 1. The normalized spacial score (nSPS) is 12.2. The predicted octanol–water partition coefficient (Wildman–Crippen LogP) is 2.10. The molecule has 0 saturated heterocycles. The van der Waals surface area contributed by atoms with E-state index in [1.807, 2.05) is 12.3 Å². The Morgan fingerprint density at radius 2 is 2.24 bits per heavy atom. The Kier molecular flexibility index (Phi) is 5.37. The second-order valence-corrected chi connectivity index (χ2v) is 8.09. The van der Waals surface area contributed by atoms with Gasteiger partial charge in [0.25, 0.3) is 0 Å². The molecule has 0 aliphatic rings. The SMILES string of the molecule is Cc1nc(CN(C)S(=O)(=O)c2cnn(CCCCl)c2)cs1. The molecule has 0 radical (unpaired) electrons. The number of aryl methyl sites for hydroxylation is 2. The summed E-state index contributed by atoms with van der Waals surface area (Å²) in [5.41, 5.74) is 0.748. The Hall–Kier alpha value is -0.960. The lowest BCUT2D eigenvalue weighted by Gasteiger charge is -2.14. The number of alkyl halides is 1. The smallest absolute Gasteiger partial charge is 0.246 e. The highest BCUT2D eigenvalue weighted by molar-refractivity contribution is 7.89. The summed E-state index contributed by atoms with van der Waals surface area (Å²) < 4.78 is 27.8. The van der Waals surface area contributed by atoms with Crippen molar-refractivity contribution in [1.29, 1.82) is 0 Å². The maximum absolute atomic E-state index is 12.5. The molecule has 2 heterocycles. The Balaban J connectivity index is 2.11. The minimum atomic E-state index is -3.55. The largest absolute Gasteiger partial charge is 0.271 e. The highest BCUT2D eigenvalue weighted by Crippen LogP contribution is 2.17. The number of halogens is 1. The van der Waals surface area contributed by atoms with Gasteiger partial charge in [-0.15, -0.1) is 22.9 Å². The van der Waals surface area contributed by atoms with Crippen molar-refractivity contribution in [3.8, 4) is 0 Å². The van der Waals surface area contributed by atoms with Crippen LogP contribution in [0.25, 0.3) is 0 Å². The molecule has 0 aliphatic heterocycles. The van der Waals surface area contributed by atoms with E-state index in [0.29, 0.717) is 12.4 Å². The van der Waals surface area contributed by atoms with E-state index < -0.39 is 10.0 Å². The van der Waals surface area contributed by atoms with Crippen molar-refractivity contribution >= 4 is 33.0 Å². The van der Waals surface area contributed by atoms with E-state index >= 15 is 0 Å². The molecule has 0 atom stereocenters. The average Bonchev–Trinajstić information content (AvgIpc) is 3.06. The van der Waals surface area contributed by atoms with Crippen LogP contribution in [0.2, 0.25) is 0 Å². The van der Waals surface area contributed by atoms with E-state index in [1.54, 1.807) is 11.7 Å². The van der Waals surface area contributed by atoms with E-state index in [4.69, 9.17) is 11.6 Å². The van der Waals surface area contributed by atoms with Gasteiger partial charge in [-0.1, -0.05) is 0 Å². The summed E-state index contributed by atoms with van der Waals surface area (Å²) >= 11 is 7.12. The van der Waals surface area contributed by atoms with Crippen molar-refractivity contribution in [3.63, 3.8) is 0 Å². The molecule has 0 unspecified atom stereocenters. The lowest BCUT2D eigenvalue weighted by Crippen LogP contribution is -2.26. The van der Waals surface area contributed by atoms with Gasteiger partial charge in [0.15, 0.2) is 0 Å². The van der Waals surface area contributed by atoms with Gasteiger partial charge >= 0.3 is 0 Å². The zero-order chi connectivity index (χ0) is 15.5. The summed E-state index contributed by atoms with van der Waals surface area (Å²) in [5, 5.41) is 6.84. The lowest BCUT2D eigenvalue weighted by atomic mass is 10.5. The lowest BCUT2D eigenvalue weighted by molar-refractivity contribution is 0.462. The van der Waals surface area contributed by atoms with E-state index in [0.717, 1.165) is 17.1 Å². The predicted molar refractivity (Wildman–Crippen MR) is 83.1 cm³/mol. The van der Waals surface area contributed by atoms with Crippen LogP contribution in [0.3, 0.4) is 0 Å². The number of hydrogen-bond acceptors (Lipinski definition) is 5. The fourth-order valence-corrected chi connectivity index (χ4v) is 3.62. The Morgan fingerprint density at radius 1 is 1.48 bits per heavy atom. The van der Waals surface area contributed by atoms with Crippen LogP contribution in [-0.2, 0) is 23.1 Å². The molecule has 0 fully saturated rings. The first kappa shape index (κ1) is 16.4. The summed E-state index contributed by atoms with van der Waals surface area (Å²) in [6.45, 7) is 2.75. The molecule has 0 N–H and O–H groups in total. The quantitative estimate of drug-likeness (QED) is 0.718. The van der Waals surface area contributed by atoms with Crippen LogP contribution in [0.5, 0.6) is 0 Å². The molecule has 2 aromatic rings. The first-order valence-electron chi connectivity index (χ1n) is 6.39. The number of rotatable bonds is 7. The maximum atomic E-state index is 12.5. The van der Waals surface area contributed by atoms with E-state index in [1.165, 1.54) is 28.0 Å². The molecule has 0 spiro atoms. The van der Waals surface area contributed by atoms with Crippen LogP contribution >= 0.6 is 22.9 Å². The van der Waals surface area contributed by atoms with Gasteiger partial charge in [0.1, 0.15) is 4.90 Å². The topological polar surface area (TPSA) is 68.1 Å². The number of thiazole rings is 1. The van der Waals surface area contributed by atoms with E-state index in [-0.39, 0.29) is 11.4 Å². The van der Waals surface area contributed by atoms with Crippen molar-refractivity contribution in [2.45, 2.75) is 31.3 Å². The molecule has 116 valence electrons. The third-order valence-electron chi connectivity index (χ3n) is 2.89. The van der Waals surface area contributed by atoms with Crippen molar-refractivity contribution < 1.29 is 8.42 Å². The van der Waals surface area contributed by atoms with Gasteiger partial charge in [-0.3, -0.25) is 4.68 Å². The number of nitrogens with zero attached hydrogens (tertiary/aromatic N) is 4. The van der Waals surface area contributed by atoms with Gasteiger partial charge in [0.2, 0.25) is 10.0 Å². The standard InChI is InChI=1S/C12H17ClN4O2S2/c1-10-15-11(9-20-10)7-16(2)21(18,19)12-6-14-17(8-12)5-3-4-13/h6,8-9H,3-5,7H2,1-2H3. The third-order valence-corrected chi connectivity index (χ3v) is 5.74. The van der Waals surface area contributed by atoms with Crippen LogP contribution in [0.15, 0.2) is 22.7 Å². The van der Waals surface area contributed by atoms with E-state index in [9.17, 15) is 8.42 Å². The Labute approximate surface area is 133 Å². The molecule has 0 aromatic carbocycles. The zero-order valence-electron chi connectivity index (χ0n) is 11.9. The molecule has 9 heteroatoms. The fraction of sp³-hybridized carbons (Fsp3) is 0.500. The second kappa shape index (κ2) is 6.87. The fourth-order valence-electron chi connectivity index (χ4n) is 1.80. The molecular weight excluding hydrogens is 332 g/mol. The molecule has 0 bridgehead atoms. The Bertz CT molecular complexity index is 696. The first-order chi connectivity index (χ1) is 9.93. The van der Waals surface area contributed by atoms with Gasteiger partial charge in [-0.05, 0) is 13.3 Å². The highest BCUT2D eigenvalue weighted by atomic mass is 35.5. The van der Waals surface area contributed by atoms with Crippen molar-refractivity contribution in [2.24, 2.45) is 0 Å². The molecule has 6 nitrogen and oxygen atoms in total. The number of hydrogen-bond donors (Lipinski definition) is 0. The first-order valence-corrected chi connectivity index (χ1v) is 9.24. The van der Waals surface area contributed by atoms with Crippen LogP contribution in [0.1, 0.15) is 17.1 Å². The zero-order valence-corrected chi connectivity index (χ0v) is 14.2. The van der Waals surface area contributed by atoms with Crippen LogP contribution in [0, 0.1) is 6.92 Å². The molecule has 0 aliphatic carbocycles. The van der Waals surface area contributed by atoms with Crippen molar-refractivity contribution in [2.75, 3.05) is 12.9 Å². The summed E-state index contributed by atoms with van der Waals surface area (Å²) in [6, 6.07) is 0. The minimum Gasteiger partial charge on any atom is -0.271 e. The van der Waals surface area contributed by atoms with E-state index in [2.05, 4.69) is 10.1 Å². The maximum Gasteiger partial charge on any atom is 0.246 e. The van der Waals surface area contributed by atoms with Gasteiger partial charge in [-0.2, -0.15) is 9.40 Å². The summed E-state index contributed by atoms with van der Waals surface area (Å²) in [6.07, 6.45) is 3.65. The van der Waals surface area contributed by atoms with Gasteiger partial charge in [0, 0.05) is 31.0 Å². The monoisotopic (exact) mass is 348 g/mol. The molecule has 0 amide bonds. The number of aromatic nitrogens is 3. The van der Waals surface area contributed by atoms with Crippen LogP contribution < -0.4 is 0 Å². The minimum absolute atomic E-state index is 0.187. The summed E-state index contributed by atoms with van der Waals surface area (Å²) in [7, 11) is -2.01. The average molecular weight is 349 g/mol. The van der Waals surface area contributed by atoms with Crippen LogP contribution in [-0.4, -0.2) is 40.4 Å². The Morgan fingerprint density at radius 3 is 2.86 bits per heavy atom. The third kappa shape index (κ3) is 4.03. The second-order valence-electron chi connectivity index (χ2n) is 4.60. The summed E-state index contributed by atoms with van der Waals surface area (Å²) in [5.74, 6) is 0.519. The van der Waals surface area contributed by atoms with Gasteiger partial charge < -0.3 is 0 Å². The molecule has 2 aromatic heterocycles. The van der Waals surface area contributed by atoms with Crippen molar-refractivity contribution in [1.82, 2.24) is 19.1 Å². The molecule has 2 rings (SSSR count). The van der Waals surface area contributed by atoms with Crippen molar-refractivity contribution in [3.05, 3.63) is 28.5 Å². The highest BCUT2D eigenvalue weighted by Gasteiger charge is 2.23. The molecular formula is C12H17ClN4O2S2. The van der Waals surface area contributed by atoms with Crippen LogP contribution in [0.4, 0.5) is 0 Å². The van der Waals surface area contributed by atoms with Gasteiger partial charge in [0.05, 0.1) is 23.4 Å². The summed E-state index contributed by atoms with van der Waals surface area (Å²) in [4.78, 5) is 4.47. The molecule has 21 heavy (non-hydrogen) atoms. The van der Waals surface area contributed by atoms with Gasteiger partial charge in [-0.25, -0.2) is 13.4 Å².